The Labute approximate surface area is 88.9 Å². The average Bonchev–Trinajstić information content (AvgIpc) is 2.84. The van der Waals surface area contributed by atoms with Gasteiger partial charge in [-0.1, -0.05) is 12.8 Å². The SMILES string of the molecule is Cc1ccc2[nH]c(C3CCCC3)nc2n1. The second kappa shape index (κ2) is 3.33. The maximum atomic E-state index is 4.59. The first kappa shape index (κ1) is 8.89. The highest BCUT2D eigenvalue weighted by atomic mass is 15.0. The fourth-order valence-corrected chi connectivity index (χ4v) is 2.40. The Hall–Kier alpha value is -1.38. The monoisotopic (exact) mass is 201 g/mol. The minimum Gasteiger partial charge on any atom is -0.340 e. The molecule has 1 saturated carbocycles. The maximum Gasteiger partial charge on any atom is 0.177 e. The third kappa shape index (κ3) is 1.52. The molecule has 1 aliphatic carbocycles. The van der Waals surface area contributed by atoms with Gasteiger partial charge in [0.25, 0.3) is 0 Å². The largest absolute Gasteiger partial charge is 0.340 e. The summed E-state index contributed by atoms with van der Waals surface area (Å²) in [7, 11) is 0. The summed E-state index contributed by atoms with van der Waals surface area (Å²) in [6, 6.07) is 4.10. The van der Waals surface area contributed by atoms with E-state index in [1.165, 1.54) is 25.7 Å². The molecule has 1 N–H and O–H groups in total. The van der Waals surface area contributed by atoms with E-state index in [1.54, 1.807) is 0 Å². The minimum absolute atomic E-state index is 0.638. The van der Waals surface area contributed by atoms with E-state index in [-0.39, 0.29) is 0 Å². The van der Waals surface area contributed by atoms with Crippen molar-refractivity contribution in [3.63, 3.8) is 0 Å². The van der Waals surface area contributed by atoms with E-state index in [0.29, 0.717) is 5.92 Å². The Balaban J connectivity index is 2.05. The van der Waals surface area contributed by atoms with E-state index in [4.69, 9.17) is 0 Å². The smallest absolute Gasteiger partial charge is 0.177 e. The Morgan fingerprint density at radius 3 is 2.80 bits per heavy atom. The number of pyridine rings is 1. The third-order valence-corrected chi connectivity index (χ3v) is 3.25. The summed E-state index contributed by atoms with van der Waals surface area (Å²) >= 11 is 0. The first-order valence-electron chi connectivity index (χ1n) is 5.66. The van der Waals surface area contributed by atoms with E-state index < -0.39 is 0 Å². The zero-order valence-electron chi connectivity index (χ0n) is 8.95. The molecule has 3 nitrogen and oxygen atoms in total. The lowest BCUT2D eigenvalue weighted by Gasteiger charge is -2.02. The Morgan fingerprint density at radius 2 is 2.00 bits per heavy atom. The number of H-pyrrole nitrogens is 1. The van der Waals surface area contributed by atoms with Crippen molar-refractivity contribution in [2.24, 2.45) is 0 Å². The van der Waals surface area contributed by atoms with Crippen LogP contribution >= 0.6 is 0 Å². The van der Waals surface area contributed by atoms with Crippen molar-refractivity contribution in [2.45, 2.75) is 38.5 Å². The van der Waals surface area contributed by atoms with Crippen molar-refractivity contribution in [2.75, 3.05) is 0 Å². The normalized spacial score (nSPS) is 17.7. The molecule has 78 valence electrons. The average molecular weight is 201 g/mol. The number of rotatable bonds is 1. The van der Waals surface area contributed by atoms with Gasteiger partial charge in [0.15, 0.2) is 5.65 Å². The number of nitrogens with zero attached hydrogens (tertiary/aromatic N) is 2. The van der Waals surface area contributed by atoms with Crippen LogP contribution in [0.2, 0.25) is 0 Å². The van der Waals surface area contributed by atoms with Gasteiger partial charge in [-0.3, -0.25) is 0 Å². The number of hydrogen-bond donors (Lipinski definition) is 1. The second-order valence-electron chi connectivity index (χ2n) is 4.43. The summed E-state index contributed by atoms with van der Waals surface area (Å²) < 4.78 is 0. The van der Waals surface area contributed by atoms with Gasteiger partial charge in [0.1, 0.15) is 5.82 Å². The Kier molecular flexibility index (Phi) is 1.97. The lowest BCUT2D eigenvalue weighted by atomic mass is 10.1. The number of imidazole rings is 1. The van der Waals surface area contributed by atoms with Crippen LogP contribution in [0.5, 0.6) is 0 Å². The summed E-state index contributed by atoms with van der Waals surface area (Å²) in [4.78, 5) is 12.4. The topological polar surface area (TPSA) is 41.6 Å². The van der Waals surface area contributed by atoms with Gasteiger partial charge in [0, 0.05) is 11.6 Å². The third-order valence-electron chi connectivity index (χ3n) is 3.25. The second-order valence-corrected chi connectivity index (χ2v) is 4.43. The molecule has 3 rings (SSSR count). The number of fused-ring (bicyclic) bond motifs is 1. The molecule has 15 heavy (non-hydrogen) atoms. The van der Waals surface area contributed by atoms with Gasteiger partial charge < -0.3 is 4.98 Å². The van der Waals surface area contributed by atoms with E-state index in [2.05, 4.69) is 21.0 Å². The molecule has 0 aromatic carbocycles. The molecule has 0 unspecified atom stereocenters. The molecular formula is C12H15N3. The predicted octanol–water partition coefficient (Wildman–Crippen LogP) is 2.92. The highest BCUT2D eigenvalue weighted by Crippen LogP contribution is 2.32. The number of aromatic amines is 1. The van der Waals surface area contributed by atoms with Crippen molar-refractivity contribution < 1.29 is 0 Å². The summed E-state index contributed by atoms with van der Waals surface area (Å²) in [5.41, 5.74) is 2.98. The molecule has 2 aromatic heterocycles. The van der Waals surface area contributed by atoms with E-state index in [0.717, 1.165) is 22.7 Å². The number of hydrogen-bond acceptors (Lipinski definition) is 2. The molecule has 2 heterocycles. The number of aryl methyl sites for hydroxylation is 1. The van der Waals surface area contributed by atoms with Crippen molar-refractivity contribution in [3.8, 4) is 0 Å². The zero-order valence-corrected chi connectivity index (χ0v) is 8.95. The lowest BCUT2D eigenvalue weighted by molar-refractivity contribution is 0.681. The Morgan fingerprint density at radius 1 is 1.20 bits per heavy atom. The molecule has 0 aliphatic heterocycles. The lowest BCUT2D eigenvalue weighted by Crippen LogP contribution is -1.94. The molecule has 1 aliphatic rings. The molecule has 1 fully saturated rings. The van der Waals surface area contributed by atoms with Gasteiger partial charge in [-0.2, -0.15) is 0 Å². The first-order chi connectivity index (χ1) is 7.33. The quantitative estimate of drug-likeness (QED) is 0.770. The highest BCUT2D eigenvalue weighted by molar-refractivity contribution is 5.70. The van der Waals surface area contributed by atoms with Crippen LogP contribution in [-0.2, 0) is 0 Å². The summed E-state index contributed by atoms with van der Waals surface area (Å²) in [6.07, 6.45) is 5.24. The van der Waals surface area contributed by atoms with Crippen molar-refractivity contribution >= 4 is 11.2 Å². The molecular weight excluding hydrogens is 186 g/mol. The van der Waals surface area contributed by atoms with Gasteiger partial charge in [-0.15, -0.1) is 0 Å². The van der Waals surface area contributed by atoms with E-state index in [9.17, 15) is 0 Å². The molecule has 0 saturated heterocycles. The number of nitrogens with one attached hydrogen (secondary N) is 1. The number of aromatic nitrogens is 3. The van der Waals surface area contributed by atoms with Crippen LogP contribution in [0, 0.1) is 6.92 Å². The fraction of sp³-hybridized carbons (Fsp3) is 0.500. The first-order valence-corrected chi connectivity index (χ1v) is 5.66. The molecule has 3 heteroatoms. The van der Waals surface area contributed by atoms with E-state index in [1.807, 2.05) is 13.0 Å². The molecule has 0 spiro atoms. The fourth-order valence-electron chi connectivity index (χ4n) is 2.40. The van der Waals surface area contributed by atoms with Crippen LogP contribution < -0.4 is 0 Å². The van der Waals surface area contributed by atoms with Crippen LogP contribution in [0.25, 0.3) is 11.2 Å². The van der Waals surface area contributed by atoms with Gasteiger partial charge in [-0.25, -0.2) is 9.97 Å². The molecule has 0 amide bonds. The van der Waals surface area contributed by atoms with Crippen molar-refractivity contribution in [1.29, 1.82) is 0 Å². The van der Waals surface area contributed by atoms with Crippen LogP contribution in [0.1, 0.15) is 43.1 Å². The minimum atomic E-state index is 0.638. The molecule has 0 radical (unpaired) electrons. The van der Waals surface area contributed by atoms with Crippen LogP contribution in [-0.4, -0.2) is 15.0 Å². The van der Waals surface area contributed by atoms with Gasteiger partial charge in [0.05, 0.1) is 5.52 Å². The van der Waals surface area contributed by atoms with Crippen LogP contribution in [0.3, 0.4) is 0 Å². The van der Waals surface area contributed by atoms with Crippen LogP contribution in [0.4, 0.5) is 0 Å². The predicted molar refractivity (Wildman–Crippen MR) is 59.8 cm³/mol. The van der Waals surface area contributed by atoms with Crippen molar-refractivity contribution in [3.05, 3.63) is 23.7 Å². The zero-order chi connectivity index (χ0) is 10.3. The van der Waals surface area contributed by atoms with Gasteiger partial charge in [-0.05, 0) is 31.9 Å². The van der Waals surface area contributed by atoms with Gasteiger partial charge in [0.2, 0.25) is 0 Å². The summed E-state index contributed by atoms with van der Waals surface area (Å²) in [5, 5.41) is 0. The summed E-state index contributed by atoms with van der Waals surface area (Å²) in [5.74, 6) is 1.78. The molecule has 0 atom stereocenters. The molecule has 2 aromatic rings. The highest BCUT2D eigenvalue weighted by Gasteiger charge is 2.20. The van der Waals surface area contributed by atoms with E-state index >= 15 is 0 Å². The van der Waals surface area contributed by atoms with Crippen LogP contribution in [0.15, 0.2) is 12.1 Å². The standard InChI is InChI=1S/C12H15N3/c1-8-6-7-10-12(13-8)15-11(14-10)9-4-2-3-5-9/h6-7,9H,2-5H2,1H3,(H,13,14,15). The molecule has 0 bridgehead atoms. The van der Waals surface area contributed by atoms with Crippen molar-refractivity contribution in [1.82, 2.24) is 15.0 Å². The Bertz CT molecular complexity index is 481. The van der Waals surface area contributed by atoms with Gasteiger partial charge >= 0.3 is 0 Å². The summed E-state index contributed by atoms with van der Waals surface area (Å²) in [6.45, 7) is 2.00. The maximum absolute atomic E-state index is 4.59.